The van der Waals surface area contributed by atoms with Crippen LogP contribution >= 0.6 is 0 Å². The standard InChI is InChI=1S/C18H24O9/c1-9(19)4-16(24)26-10(2)5-12-7-13(20)8-14(21)17(12)18(25)27-11(3)6-15(22)23/h7-11,19-21H,4-6H2,1-3H3,(H,22,23)/t9-,10-,11-/m1/s1. The second kappa shape index (κ2) is 9.77. The van der Waals surface area contributed by atoms with E-state index in [2.05, 4.69) is 0 Å². The summed E-state index contributed by atoms with van der Waals surface area (Å²) >= 11 is 0. The molecule has 0 aromatic heterocycles. The SMILES string of the molecule is C[C@H](Cc1cc(O)cc(O)c1C(=O)O[C@H](C)CC(=O)O)OC(=O)C[C@@H](C)O. The monoisotopic (exact) mass is 384 g/mol. The minimum atomic E-state index is -1.15. The molecule has 0 fully saturated rings. The molecule has 0 amide bonds. The number of hydrogen-bond acceptors (Lipinski definition) is 8. The summed E-state index contributed by atoms with van der Waals surface area (Å²) in [5.41, 5.74) is -0.0826. The summed E-state index contributed by atoms with van der Waals surface area (Å²) in [4.78, 5) is 34.7. The molecule has 0 aliphatic rings. The molecule has 0 spiro atoms. The highest BCUT2D eigenvalue weighted by Crippen LogP contribution is 2.29. The van der Waals surface area contributed by atoms with Crippen molar-refractivity contribution in [2.45, 2.75) is 58.3 Å². The Bertz CT molecular complexity index is 696. The number of aliphatic hydroxyl groups is 1. The van der Waals surface area contributed by atoms with E-state index in [1.54, 1.807) is 6.92 Å². The molecular formula is C18H24O9. The largest absolute Gasteiger partial charge is 0.508 e. The lowest BCUT2D eigenvalue weighted by Gasteiger charge is -2.18. The Morgan fingerprint density at radius 3 is 2.19 bits per heavy atom. The average molecular weight is 384 g/mol. The predicted octanol–water partition coefficient (Wildman–Crippen LogP) is 1.36. The van der Waals surface area contributed by atoms with Crippen LogP contribution in [0.25, 0.3) is 0 Å². The van der Waals surface area contributed by atoms with Crippen LogP contribution in [0.5, 0.6) is 11.5 Å². The Morgan fingerprint density at radius 1 is 1.00 bits per heavy atom. The van der Waals surface area contributed by atoms with Gasteiger partial charge in [-0.3, -0.25) is 9.59 Å². The van der Waals surface area contributed by atoms with E-state index in [0.717, 1.165) is 6.07 Å². The summed E-state index contributed by atoms with van der Waals surface area (Å²) in [5, 5.41) is 37.6. The maximum atomic E-state index is 12.3. The van der Waals surface area contributed by atoms with Gasteiger partial charge in [-0.05, 0) is 32.4 Å². The summed E-state index contributed by atoms with van der Waals surface area (Å²) in [7, 11) is 0. The number of benzene rings is 1. The summed E-state index contributed by atoms with van der Waals surface area (Å²) in [6.07, 6.45) is -3.15. The third kappa shape index (κ3) is 7.53. The molecule has 3 atom stereocenters. The molecule has 0 heterocycles. The van der Waals surface area contributed by atoms with Crippen LogP contribution in [0, 0.1) is 0 Å². The van der Waals surface area contributed by atoms with E-state index < -0.39 is 48.4 Å². The summed E-state index contributed by atoms with van der Waals surface area (Å²) in [6.45, 7) is 4.37. The third-order valence-electron chi connectivity index (χ3n) is 3.46. The molecule has 9 heteroatoms. The lowest BCUT2D eigenvalue weighted by Crippen LogP contribution is -2.23. The Balaban J connectivity index is 2.98. The topological polar surface area (TPSA) is 151 Å². The first-order valence-electron chi connectivity index (χ1n) is 8.34. The summed E-state index contributed by atoms with van der Waals surface area (Å²) in [6, 6.07) is 2.17. The van der Waals surface area contributed by atoms with E-state index in [4.69, 9.17) is 14.6 Å². The number of rotatable bonds is 9. The van der Waals surface area contributed by atoms with Crippen molar-refractivity contribution in [2.75, 3.05) is 0 Å². The molecule has 27 heavy (non-hydrogen) atoms. The highest BCUT2D eigenvalue weighted by atomic mass is 16.5. The van der Waals surface area contributed by atoms with Gasteiger partial charge in [0.15, 0.2) is 0 Å². The van der Waals surface area contributed by atoms with Crippen LogP contribution in [0.15, 0.2) is 12.1 Å². The molecule has 0 saturated heterocycles. The average Bonchev–Trinajstić information content (AvgIpc) is 2.43. The summed E-state index contributed by atoms with van der Waals surface area (Å²) in [5.74, 6) is -3.59. The molecule has 0 saturated carbocycles. The number of carboxylic acids is 1. The smallest absolute Gasteiger partial charge is 0.342 e. The zero-order chi connectivity index (χ0) is 20.7. The Labute approximate surface area is 156 Å². The maximum Gasteiger partial charge on any atom is 0.342 e. The van der Waals surface area contributed by atoms with Crippen molar-refractivity contribution in [3.05, 3.63) is 23.3 Å². The van der Waals surface area contributed by atoms with Crippen LogP contribution in [0.4, 0.5) is 0 Å². The number of carbonyl (C=O) groups excluding carboxylic acids is 2. The van der Waals surface area contributed by atoms with Crippen molar-refractivity contribution in [3.8, 4) is 11.5 Å². The van der Waals surface area contributed by atoms with Crippen LogP contribution in [0.1, 0.15) is 49.5 Å². The van der Waals surface area contributed by atoms with E-state index in [1.807, 2.05) is 0 Å². The van der Waals surface area contributed by atoms with E-state index >= 15 is 0 Å². The Morgan fingerprint density at radius 2 is 1.63 bits per heavy atom. The van der Waals surface area contributed by atoms with Crippen molar-refractivity contribution in [2.24, 2.45) is 0 Å². The van der Waals surface area contributed by atoms with Gasteiger partial charge in [0, 0.05) is 12.5 Å². The molecule has 4 N–H and O–H groups in total. The van der Waals surface area contributed by atoms with Crippen molar-refractivity contribution in [3.63, 3.8) is 0 Å². The minimum absolute atomic E-state index is 0.0226. The van der Waals surface area contributed by atoms with E-state index in [1.165, 1.54) is 19.9 Å². The van der Waals surface area contributed by atoms with Gasteiger partial charge in [0.1, 0.15) is 29.3 Å². The molecule has 0 aliphatic carbocycles. The first kappa shape index (κ1) is 22.2. The molecule has 1 aromatic carbocycles. The number of phenols is 2. The second-order valence-corrected chi connectivity index (χ2v) is 6.37. The second-order valence-electron chi connectivity index (χ2n) is 6.37. The fraction of sp³-hybridized carbons (Fsp3) is 0.500. The maximum absolute atomic E-state index is 12.3. The van der Waals surface area contributed by atoms with E-state index in [9.17, 15) is 29.7 Å². The molecule has 0 unspecified atom stereocenters. The highest BCUT2D eigenvalue weighted by molar-refractivity contribution is 5.94. The van der Waals surface area contributed by atoms with Gasteiger partial charge >= 0.3 is 17.9 Å². The van der Waals surface area contributed by atoms with Crippen molar-refractivity contribution in [1.29, 1.82) is 0 Å². The molecule has 0 radical (unpaired) electrons. The summed E-state index contributed by atoms with van der Waals surface area (Å²) < 4.78 is 10.1. The van der Waals surface area contributed by atoms with Gasteiger partial charge in [0.2, 0.25) is 0 Å². The number of aliphatic hydroxyl groups excluding tert-OH is 1. The van der Waals surface area contributed by atoms with Gasteiger partial charge < -0.3 is 29.9 Å². The van der Waals surface area contributed by atoms with Crippen LogP contribution in [0.3, 0.4) is 0 Å². The molecule has 9 nitrogen and oxygen atoms in total. The molecule has 0 bridgehead atoms. The molecular weight excluding hydrogens is 360 g/mol. The zero-order valence-corrected chi connectivity index (χ0v) is 15.3. The predicted molar refractivity (Wildman–Crippen MR) is 92.5 cm³/mol. The number of carbonyl (C=O) groups is 3. The zero-order valence-electron chi connectivity index (χ0n) is 15.3. The molecule has 0 aliphatic heterocycles. The minimum Gasteiger partial charge on any atom is -0.508 e. The highest BCUT2D eigenvalue weighted by Gasteiger charge is 2.24. The van der Waals surface area contributed by atoms with E-state index in [0.29, 0.717) is 0 Å². The fourth-order valence-electron chi connectivity index (χ4n) is 2.46. The lowest BCUT2D eigenvalue weighted by molar-refractivity contribution is -0.150. The number of phenolic OH excluding ortho intramolecular Hbond substituents is 2. The van der Waals surface area contributed by atoms with Crippen LogP contribution < -0.4 is 0 Å². The van der Waals surface area contributed by atoms with Gasteiger partial charge in [-0.1, -0.05) is 0 Å². The first-order chi connectivity index (χ1) is 12.5. The number of hydrogen-bond donors (Lipinski definition) is 4. The number of esters is 2. The molecule has 1 aromatic rings. The first-order valence-corrected chi connectivity index (χ1v) is 8.34. The van der Waals surface area contributed by atoms with Gasteiger partial charge in [-0.25, -0.2) is 4.79 Å². The Kier molecular flexibility index (Phi) is 8.04. The van der Waals surface area contributed by atoms with Crippen molar-refractivity contribution in [1.82, 2.24) is 0 Å². The van der Waals surface area contributed by atoms with Gasteiger partial charge in [-0.15, -0.1) is 0 Å². The van der Waals surface area contributed by atoms with Gasteiger partial charge in [0.25, 0.3) is 0 Å². The fourth-order valence-corrected chi connectivity index (χ4v) is 2.46. The van der Waals surface area contributed by atoms with Crippen LogP contribution in [0.2, 0.25) is 0 Å². The number of ether oxygens (including phenoxy) is 2. The van der Waals surface area contributed by atoms with Crippen molar-refractivity contribution < 1.29 is 44.3 Å². The van der Waals surface area contributed by atoms with Crippen molar-refractivity contribution >= 4 is 17.9 Å². The number of aromatic hydroxyl groups is 2. The quantitative estimate of drug-likeness (QED) is 0.463. The van der Waals surface area contributed by atoms with Gasteiger partial charge in [0.05, 0.1) is 18.9 Å². The van der Waals surface area contributed by atoms with E-state index in [-0.39, 0.29) is 29.7 Å². The number of carboxylic acid groups (broad SMARTS) is 1. The van der Waals surface area contributed by atoms with Gasteiger partial charge in [-0.2, -0.15) is 0 Å². The third-order valence-corrected chi connectivity index (χ3v) is 3.46. The lowest BCUT2D eigenvalue weighted by atomic mass is 10.00. The normalized spacial score (nSPS) is 14.1. The molecule has 150 valence electrons. The molecule has 1 rings (SSSR count). The Hall–Kier alpha value is -2.81. The van der Waals surface area contributed by atoms with Crippen LogP contribution in [-0.4, -0.2) is 56.6 Å². The van der Waals surface area contributed by atoms with Crippen LogP contribution in [-0.2, 0) is 25.5 Å². The number of aliphatic carboxylic acids is 1.